The van der Waals surface area contributed by atoms with E-state index in [1.807, 2.05) is 0 Å². The van der Waals surface area contributed by atoms with Gasteiger partial charge in [-0.15, -0.1) is 0 Å². The van der Waals surface area contributed by atoms with Crippen LogP contribution in [0.15, 0.2) is 0 Å². The molecule has 0 spiro atoms. The minimum atomic E-state index is 0.335. The van der Waals surface area contributed by atoms with Gasteiger partial charge in [0, 0.05) is 6.61 Å². The van der Waals surface area contributed by atoms with Gasteiger partial charge in [-0.2, -0.15) is 0 Å². The van der Waals surface area contributed by atoms with Gasteiger partial charge in [0.15, 0.2) is 0 Å². The molecule has 80 valence electrons. The molecule has 0 fully saturated rings. The van der Waals surface area contributed by atoms with Gasteiger partial charge < -0.3 is 5.11 Å². The molecule has 0 saturated carbocycles. The molecule has 0 aromatic heterocycles. The Morgan fingerprint density at radius 3 is 2.15 bits per heavy atom. The molecule has 1 heteroatoms. The number of unbranched alkanes of at least 4 members (excludes halogenated alkanes) is 1. The van der Waals surface area contributed by atoms with E-state index < -0.39 is 0 Å². The average molecular weight is 186 g/mol. The summed E-state index contributed by atoms with van der Waals surface area (Å²) in [4.78, 5) is 0. The van der Waals surface area contributed by atoms with E-state index in [1.54, 1.807) is 0 Å². The number of rotatable bonds is 7. The molecule has 1 nitrogen and oxygen atoms in total. The van der Waals surface area contributed by atoms with Gasteiger partial charge >= 0.3 is 0 Å². The molecule has 0 amide bonds. The van der Waals surface area contributed by atoms with Gasteiger partial charge in [-0.1, -0.05) is 47.0 Å². The minimum absolute atomic E-state index is 0.335. The first-order chi connectivity index (χ1) is 6.11. The fourth-order valence-corrected chi connectivity index (χ4v) is 1.72. The highest BCUT2D eigenvalue weighted by Crippen LogP contribution is 2.22. The first kappa shape index (κ1) is 13.0. The monoisotopic (exact) mass is 186 g/mol. The van der Waals surface area contributed by atoms with Crippen LogP contribution in [0.5, 0.6) is 0 Å². The van der Waals surface area contributed by atoms with Crippen LogP contribution in [-0.2, 0) is 0 Å². The van der Waals surface area contributed by atoms with Crippen molar-refractivity contribution in [3.8, 4) is 0 Å². The summed E-state index contributed by atoms with van der Waals surface area (Å²) in [5.41, 5.74) is 0. The van der Waals surface area contributed by atoms with E-state index in [2.05, 4.69) is 27.7 Å². The first-order valence-electron chi connectivity index (χ1n) is 5.72. The van der Waals surface area contributed by atoms with E-state index in [0.29, 0.717) is 18.4 Å². The molecule has 13 heavy (non-hydrogen) atoms. The predicted octanol–water partition coefficient (Wildman–Crippen LogP) is 3.47. The summed E-state index contributed by atoms with van der Waals surface area (Å²) >= 11 is 0. The summed E-state index contributed by atoms with van der Waals surface area (Å²) in [6.45, 7) is 9.30. The van der Waals surface area contributed by atoms with Crippen LogP contribution in [0.1, 0.15) is 53.4 Å². The van der Waals surface area contributed by atoms with E-state index in [0.717, 1.165) is 5.92 Å². The summed E-state index contributed by atoms with van der Waals surface area (Å²) in [5.74, 6) is 1.95. The van der Waals surface area contributed by atoms with Crippen molar-refractivity contribution < 1.29 is 5.11 Å². The van der Waals surface area contributed by atoms with Gasteiger partial charge in [-0.05, 0) is 24.2 Å². The van der Waals surface area contributed by atoms with Crippen LogP contribution >= 0.6 is 0 Å². The molecule has 0 aliphatic carbocycles. The quantitative estimate of drug-likeness (QED) is 0.645. The molecule has 0 aliphatic heterocycles. The lowest BCUT2D eigenvalue weighted by Gasteiger charge is -2.21. The maximum atomic E-state index is 8.99. The summed E-state index contributed by atoms with van der Waals surface area (Å²) in [5, 5.41) is 8.99. The van der Waals surface area contributed by atoms with E-state index in [9.17, 15) is 0 Å². The topological polar surface area (TPSA) is 20.2 Å². The second kappa shape index (κ2) is 7.37. The predicted molar refractivity (Wildman–Crippen MR) is 58.7 cm³/mol. The third kappa shape index (κ3) is 6.09. The van der Waals surface area contributed by atoms with Crippen molar-refractivity contribution in [2.45, 2.75) is 53.4 Å². The van der Waals surface area contributed by atoms with E-state index in [1.165, 1.54) is 25.7 Å². The molecule has 0 heterocycles. The molecule has 0 aliphatic rings. The zero-order chi connectivity index (χ0) is 10.3. The Bertz CT molecular complexity index is 112. The third-order valence-electron chi connectivity index (χ3n) is 3.08. The van der Waals surface area contributed by atoms with Crippen molar-refractivity contribution in [3.05, 3.63) is 0 Å². The van der Waals surface area contributed by atoms with Crippen LogP contribution in [0.2, 0.25) is 0 Å². The Kier molecular flexibility index (Phi) is 7.35. The van der Waals surface area contributed by atoms with E-state index in [4.69, 9.17) is 5.11 Å². The van der Waals surface area contributed by atoms with Gasteiger partial charge in [0.05, 0.1) is 0 Å². The Morgan fingerprint density at radius 1 is 1.08 bits per heavy atom. The Balaban J connectivity index is 3.57. The molecular weight excluding hydrogens is 160 g/mol. The molecule has 3 unspecified atom stereocenters. The molecule has 0 aromatic rings. The van der Waals surface area contributed by atoms with Gasteiger partial charge in [0.1, 0.15) is 0 Å². The van der Waals surface area contributed by atoms with Crippen LogP contribution in [0.3, 0.4) is 0 Å². The second-order valence-corrected chi connectivity index (χ2v) is 4.62. The molecule has 1 N–H and O–H groups in total. The Labute approximate surface area is 83.5 Å². The maximum absolute atomic E-state index is 8.99. The average Bonchev–Trinajstić information content (AvgIpc) is 2.13. The second-order valence-electron chi connectivity index (χ2n) is 4.62. The summed E-state index contributed by atoms with van der Waals surface area (Å²) in [6, 6.07) is 0. The summed E-state index contributed by atoms with van der Waals surface area (Å²) < 4.78 is 0. The Hall–Kier alpha value is -0.0400. The van der Waals surface area contributed by atoms with E-state index >= 15 is 0 Å². The van der Waals surface area contributed by atoms with E-state index in [-0.39, 0.29) is 0 Å². The number of hydrogen-bond acceptors (Lipinski definition) is 1. The van der Waals surface area contributed by atoms with Crippen molar-refractivity contribution in [1.82, 2.24) is 0 Å². The highest BCUT2D eigenvalue weighted by molar-refractivity contribution is 4.64. The maximum Gasteiger partial charge on any atom is 0.0459 e. The van der Waals surface area contributed by atoms with Crippen molar-refractivity contribution in [2.75, 3.05) is 6.61 Å². The lowest BCUT2D eigenvalue weighted by molar-refractivity contribution is 0.178. The largest absolute Gasteiger partial charge is 0.396 e. The number of hydrogen-bond donors (Lipinski definition) is 1. The zero-order valence-corrected chi connectivity index (χ0v) is 9.71. The molecular formula is C12H26O. The molecule has 0 aromatic carbocycles. The van der Waals surface area contributed by atoms with Gasteiger partial charge in [-0.25, -0.2) is 0 Å². The van der Waals surface area contributed by atoms with Crippen molar-refractivity contribution in [2.24, 2.45) is 17.8 Å². The number of aliphatic hydroxyl groups excluding tert-OH is 1. The first-order valence-corrected chi connectivity index (χ1v) is 5.72. The van der Waals surface area contributed by atoms with Crippen molar-refractivity contribution in [3.63, 3.8) is 0 Å². The number of aliphatic hydroxyl groups is 1. The highest BCUT2D eigenvalue weighted by atomic mass is 16.3. The molecule has 0 saturated heterocycles. The normalized spacial score (nSPS) is 18.2. The SMILES string of the molecule is CCCCC(C)CC(C)C(C)CO. The third-order valence-corrected chi connectivity index (χ3v) is 3.08. The van der Waals surface area contributed by atoms with Gasteiger partial charge in [0.2, 0.25) is 0 Å². The van der Waals surface area contributed by atoms with Crippen molar-refractivity contribution in [1.29, 1.82) is 0 Å². The lowest BCUT2D eigenvalue weighted by Crippen LogP contribution is -2.15. The molecule has 0 bridgehead atoms. The van der Waals surface area contributed by atoms with Gasteiger partial charge in [-0.3, -0.25) is 0 Å². The van der Waals surface area contributed by atoms with Crippen LogP contribution in [0, 0.1) is 17.8 Å². The molecule has 0 rings (SSSR count). The van der Waals surface area contributed by atoms with Crippen LogP contribution in [0.25, 0.3) is 0 Å². The Morgan fingerprint density at radius 2 is 1.69 bits per heavy atom. The molecule has 0 radical (unpaired) electrons. The minimum Gasteiger partial charge on any atom is -0.396 e. The summed E-state index contributed by atoms with van der Waals surface area (Å²) in [7, 11) is 0. The van der Waals surface area contributed by atoms with Crippen LogP contribution < -0.4 is 0 Å². The highest BCUT2D eigenvalue weighted by Gasteiger charge is 2.14. The fraction of sp³-hybridized carbons (Fsp3) is 1.00. The molecule has 3 atom stereocenters. The smallest absolute Gasteiger partial charge is 0.0459 e. The lowest BCUT2D eigenvalue weighted by atomic mass is 9.86. The van der Waals surface area contributed by atoms with Crippen molar-refractivity contribution >= 4 is 0 Å². The standard InChI is InChI=1S/C12H26O/c1-5-6-7-10(2)8-11(3)12(4)9-13/h10-13H,5-9H2,1-4H3. The van der Waals surface area contributed by atoms with Gasteiger partial charge in [0.25, 0.3) is 0 Å². The fourth-order valence-electron chi connectivity index (χ4n) is 1.72. The van der Waals surface area contributed by atoms with Crippen LogP contribution in [0.4, 0.5) is 0 Å². The zero-order valence-electron chi connectivity index (χ0n) is 9.71. The van der Waals surface area contributed by atoms with Crippen LogP contribution in [-0.4, -0.2) is 11.7 Å². The summed E-state index contributed by atoms with van der Waals surface area (Å²) in [6.07, 6.45) is 5.26.